The van der Waals surface area contributed by atoms with Crippen molar-refractivity contribution in [1.29, 1.82) is 5.26 Å². The van der Waals surface area contributed by atoms with E-state index in [2.05, 4.69) is 16.5 Å². The highest BCUT2D eigenvalue weighted by atomic mass is 16.5. The second-order valence-corrected chi connectivity index (χ2v) is 3.81. The Balaban J connectivity index is 2.15. The van der Waals surface area contributed by atoms with Crippen LogP contribution in [0.5, 0.6) is 5.75 Å². The molecule has 5 nitrogen and oxygen atoms in total. The Morgan fingerprint density at radius 1 is 1.44 bits per heavy atom. The van der Waals surface area contributed by atoms with Crippen molar-refractivity contribution in [3.8, 4) is 11.8 Å². The fourth-order valence-electron chi connectivity index (χ4n) is 1.58. The van der Waals surface area contributed by atoms with Crippen LogP contribution in [0.1, 0.15) is 17.0 Å². The fourth-order valence-corrected chi connectivity index (χ4v) is 1.58. The highest BCUT2D eigenvalue weighted by Crippen LogP contribution is 2.22. The Hall–Kier alpha value is -2.48. The number of rotatable bonds is 4. The number of aryl methyl sites for hydroxylation is 1. The van der Waals surface area contributed by atoms with Gasteiger partial charge in [0.25, 0.3) is 0 Å². The summed E-state index contributed by atoms with van der Waals surface area (Å²) < 4.78 is 10.2. The molecule has 1 aromatic heterocycles. The molecule has 0 atom stereocenters. The maximum absolute atomic E-state index is 9.02. The number of ether oxygens (including phenoxy) is 1. The zero-order valence-electron chi connectivity index (χ0n) is 10.2. The maximum Gasteiger partial charge on any atom is 0.156 e. The van der Waals surface area contributed by atoms with E-state index in [1.54, 1.807) is 25.3 Å². The number of nitrogens with zero attached hydrogens (tertiary/aromatic N) is 2. The normalized spacial score (nSPS) is 9.83. The Morgan fingerprint density at radius 3 is 2.89 bits per heavy atom. The molecule has 0 aliphatic heterocycles. The van der Waals surface area contributed by atoms with E-state index in [9.17, 15) is 0 Å². The summed E-state index contributed by atoms with van der Waals surface area (Å²) in [5.74, 6) is 1.42. The van der Waals surface area contributed by atoms with Crippen LogP contribution in [0.25, 0.3) is 0 Å². The summed E-state index contributed by atoms with van der Waals surface area (Å²) in [6.07, 6.45) is 0. The van der Waals surface area contributed by atoms with Gasteiger partial charge in [-0.15, -0.1) is 0 Å². The van der Waals surface area contributed by atoms with Crippen LogP contribution in [0.15, 0.2) is 28.8 Å². The lowest BCUT2D eigenvalue weighted by atomic mass is 10.2. The van der Waals surface area contributed by atoms with Gasteiger partial charge in [0.2, 0.25) is 0 Å². The Kier molecular flexibility index (Phi) is 3.49. The first-order valence-corrected chi connectivity index (χ1v) is 5.47. The molecule has 1 N–H and O–H groups in total. The van der Waals surface area contributed by atoms with Gasteiger partial charge >= 0.3 is 0 Å². The summed E-state index contributed by atoms with van der Waals surface area (Å²) in [5.41, 5.74) is 2.11. The van der Waals surface area contributed by atoms with Gasteiger partial charge in [0.05, 0.1) is 30.6 Å². The standard InChI is InChI=1S/C13H13N3O2/c1-9-5-12(18-16-9)8-15-13-6-11(17-2)4-3-10(13)7-14/h3-6,15H,8H2,1-2H3. The van der Waals surface area contributed by atoms with Crippen LogP contribution in [0.3, 0.4) is 0 Å². The molecule has 1 aromatic carbocycles. The minimum atomic E-state index is 0.475. The van der Waals surface area contributed by atoms with Crippen LogP contribution >= 0.6 is 0 Å². The van der Waals surface area contributed by atoms with E-state index in [4.69, 9.17) is 14.5 Å². The van der Waals surface area contributed by atoms with Crippen LogP contribution in [-0.2, 0) is 6.54 Å². The van der Waals surface area contributed by atoms with Crippen LogP contribution in [0.2, 0.25) is 0 Å². The van der Waals surface area contributed by atoms with Crippen molar-refractivity contribution in [3.05, 3.63) is 41.3 Å². The van der Waals surface area contributed by atoms with Crippen molar-refractivity contribution in [1.82, 2.24) is 5.16 Å². The third-order valence-corrected chi connectivity index (χ3v) is 2.48. The molecule has 0 bridgehead atoms. The van der Waals surface area contributed by atoms with Crippen LogP contribution < -0.4 is 10.1 Å². The van der Waals surface area contributed by atoms with E-state index in [-0.39, 0.29) is 0 Å². The summed E-state index contributed by atoms with van der Waals surface area (Å²) in [4.78, 5) is 0. The van der Waals surface area contributed by atoms with Gasteiger partial charge < -0.3 is 14.6 Å². The van der Waals surface area contributed by atoms with Gasteiger partial charge in [0.15, 0.2) is 5.76 Å². The molecule has 0 aliphatic rings. The molecule has 0 saturated carbocycles. The molecule has 92 valence electrons. The minimum Gasteiger partial charge on any atom is -0.497 e. The molecule has 2 rings (SSSR count). The van der Waals surface area contributed by atoms with Crippen LogP contribution in [0.4, 0.5) is 5.69 Å². The number of nitriles is 1. The largest absolute Gasteiger partial charge is 0.497 e. The van der Waals surface area contributed by atoms with Crippen LogP contribution in [-0.4, -0.2) is 12.3 Å². The first-order chi connectivity index (χ1) is 8.72. The van der Waals surface area contributed by atoms with Gasteiger partial charge in [-0.25, -0.2) is 0 Å². The molecule has 0 fully saturated rings. The highest BCUT2D eigenvalue weighted by Gasteiger charge is 2.05. The van der Waals surface area contributed by atoms with E-state index in [0.717, 1.165) is 11.5 Å². The second kappa shape index (κ2) is 5.23. The molecule has 0 spiro atoms. The number of benzene rings is 1. The number of hydrogen-bond donors (Lipinski definition) is 1. The van der Waals surface area contributed by atoms with Gasteiger partial charge in [-0.3, -0.25) is 0 Å². The topological polar surface area (TPSA) is 71.1 Å². The SMILES string of the molecule is COc1ccc(C#N)c(NCc2cc(C)no2)c1. The Labute approximate surface area is 105 Å². The average Bonchev–Trinajstić information content (AvgIpc) is 2.81. The zero-order chi connectivity index (χ0) is 13.0. The summed E-state index contributed by atoms with van der Waals surface area (Å²) in [7, 11) is 1.59. The quantitative estimate of drug-likeness (QED) is 0.893. The molecule has 18 heavy (non-hydrogen) atoms. The van der Waals surface area contributed by atoms with Crippen molar-refractivity contribution >= 4 is 5.69 Å². The molecular formula is C13H13N3O2. The van der Waals surface area contributed by atoms with Gasteiger partial charge in [0.1, 0.15) is 11.8 Å². The molecule has 5 heteroatoms. The molecule has 0 saturated heterocycles. The fraction of sp³-hybridized carbons (Fsp3) is 0.231. The maximum atomic E-state index is 9.02. The molecular weight excluding hydrogens is 230 g/mol. The lowest BCUT2D eigenvalue weighted by Crippen LogP contribution is -2.00. The van der Waals surface area contributed by atoms with Gasteiger partial charge in [-0.2, -0.15) is 5.26 Å². The third-order valence-electron chi connectivity index (χ3n) is 2.48. The zero-order valence-corrected chi connectivity index (χ0v) is 10.2. The molecule has 0 radical (unpaired) electrons. The summed E-state index contributed by atoms with van der Waals surface area (Å²) in [6, 6.07) is 9.22. The number of nitrogens with one attached hydrogen (secondary N) is 1. The van der Waals surface area contributed by atoms with Crippen molar-refractivity contribution in [2.45, 2.75) is 13.5 Å². The van der Waals surface area contributed by atoms with Gasteiger partial charge in [-0.05, 0) is 19.1 Å². The van der Waals surface area contributed by atoms with E-state index in [0.29, 0.717) is 23.5 Å². The second-order valence-electron chi connectivity index (χ2n) is 3.81. The van der Waals surface area contributed by atoms with Gasteiger partial charge in [0, 0.05) is 12.1 Å². The van der Waals surface area contributed by atoms with E-state index in [1.807, 2.05) is 13.0 Å². The van der Waals surface area contributed by atoms with Crippen LogP contribution in [0, 0.1) is 18.3 Å². The Morgan fingerprint density at radius 2 is 2.28 bits per heavy atom. The Bertz CT molecular complexity index is 584. The third kappa shape index (κ3) is 2.61. The van der Waals surface area contributed by atoms with E-state index in [1.165, 1.54) is 0 Å². The first-order valence-electron chi connectivity index (χ1n) is 5.47. The van der Waals surface area contributed by atoms with Crippen molar-refractivity contribution in [2.24, 2.45) is 0 Å². The number of hydrogen-bond acceptors (Lipinski definition) is 5. The smallest absolute Gasteiger partial charge is 0.156 e. The highest BCUT2D eigenvalue weighted by molar-refractivity contribution is 5.60. The van der Waals surface area contributed by atoms with Crippen molar-refractivity contribution in [3.63, 3.8) is 0 Å². The predicted molar refractivity (Wildman–Crippen MR) is 66.3 cm³/mol. The predicted octanol–water partition coefficient (Wildman–Crippen LogP) is 2.48. The average molecular weight is 243 g/mol. The lowest BCUT2D eigenvalue weighted by Gasteiger charge is -2.08. The molecule has 0 aliphatic carbocycles. The summed E-state index contributed by atoms with van der Waals surface area (Å²) >= 11 is 0. The monoisotopic (exact) mass is 243 g/mol. The lowest BCUT2D eigenvalue weighted by molar-refractivity contribution is 0.384. The molecule has 2 aromatic rings. The van der Waals surface area contributed by atoms with Crippen molar-refractivity contribution in [2.75, 3.05) is 12.4 Å². The molecule has 0 unspecified atom stereocenters. The molecule has 1 heterocycles. The number of methoxy groups -OCH3 is 1. The molecule has 0 amide bonds. The summed E-state index contributed by atoms with van der Waals surface area (Å²) in [5, 5.41) is 15.9. The van der Waals surface area contributed by atoms with Gasteiger partial charge in [-0.1, -0.05) is 5.16 Å². The van der Waals surface area contributed by atoms with Crippen molar-refractivity contribution < 1.29 is 9.26 Å². The van der Waals surface area contributed by atoms with E-state index >= 15 is 0 Å². The minimum absolute atomic E-state index is 0.475. The first kappa shape index (κ1) is 12.0. The number of aromatic nitrogens is 1. The summed E-state index contributed by atoms with van der Waals surface area (Å²) in [6.45, 7) is 2.34. The van der Waals surface area contributed by atoms with E-state index < -0.39 is 0 Å². The number of anilines is 1.